The standard InChI is InChI=1S/C19H18Cl3N3O3/c1-11-23-16-6-4-12(20)9-14(16)19(27)25(11)24-18(26)3-2-8-28-17-7-5-13(21)10-15(17)22/h4-7,9-11,23H,2-3,8H2,1H3,(H,24,26). The van der Waals surface area contributed by atoms with Gasteiger partial charge in [-0.05, 0) is 49.7 Å². The molecule has 6 nitrogen and oxygen atoms in total. The van der Waals surface area contributed by atoms with Crippen LogP contribution in [0.2, 0.25) is 15.1 Å². The third kappa shape index (κ3) is 4.82. The molecular formula is C19H18Cl3N3O3. The zero-order valence-corrected chi connectivity index (χ0v) is 17.2. The van der Waals surface area contributed by atoms with Crippen molar-refractivity contribution in [1.29, 1.82) is 0 Å². The van der Waals surface area contributed by atoms with Crippen molar-refractivity contribution in [2.75, 3.05) is 11.9 Å². The molecule has 3 rings (SSSR count). The number of nitrogens with one attached hydrogen (secondary N) is 2. The highest BCUT2D eigenvalue weighted by atomic mass is 35.5. The molecule has 148 valence electrons. The Morgan fingerprint density at radius 3 is 2.64 bits per heavy atom. The number of amides is 2. The normalized spacial score (nSPS) is 15.6. The van der Waals surface area contributed by atoms with Gasteiger partial charge in [0.25, 0.3) is 5.91 Å². The smallest absolute Gasteiger partial charge is 0.276 e. The molecule has 2 aromatic carbocycles. The monoisotopic (exact) mass is 441 g/mol. The average Bonchev–Trinajstić information content (AvgIpc) is 2.64. The summed E-state index contributed by atoms with van der Waals surface area (Å²) in [5, 5.41) is 5.80. The first-order chi connectivity index (χ1) is 13.3. The number of carbonyl (C=O) groups is 2. The number of benzene rings is 2. The fourth-order valence-corrected chi connectivity index (χ4v) is 3.39. The molecular weight excluding hydrogens is 425 g/mol. The Bertz CT molecular complexity index is 907. The first-order valence-electron chi connectivity index (χ1n) is 8.62. The minimum absolute atomic E-state index is 0.185. The number of nitrogens with zero attached hydrogens (tertiary/aromatic N) is 1. The van der Waals surface area contributed by atoms with Crippen LogP contribution in [0.4, 0.5) is 5.69 Å². The third-order valence-electron chi connectivity index (χ3n) is 4.13. The lowest BCUT2D eigenvalue weighted by Gasteiger charge is -2.35. The van der Waals surface area contributed by atoms with E-state index in [0.29, 0.717) is 45.1 Å². The Hall–Kier alpha value is -2.15. The lowest BCUT2D eigenvalue weighted by atomic mass is 10.1. The summed E-state index contributed by atoms with van der Waals surface area (Å²) in [5.74, 6) is -0.108. The fourth-order valence-electron chi connectivity index (χ4n) is 2.76. The van der Waals surface area contributed by atoms with Crippen LogP contribution in [-0.4, -0.2) is 29.6 Å². The molecule has 1 atom stereocenters. The number of halogens is 3. The molecule has 2 N–H and O–H groups in total. The van der Waals surface area contributed by atoms with E-state index in [4.69, 9.17) is 39.5 Å². The van der Waals surface area contributed by atoms with Gasteiger partial charge in [0.15, 0.2) is 0 Å². The number of fused-ring (bicyclic) bond motifs is 1. The second-order valence-electron chi connectivity index (χ2n) is 6.25. The van der Waals surface area contributed by atoms with Crippen molar-refractivity contribution in [2.24, 2.45) is 0 Å². The van der Waals surface area contributed by atoms with E-state index in [9.17, 15) is 9.59 Å². The molecule has 0 fully saturated rings. The van der Waals surface area contributed by atoms with Gasteiger partial charge in [0, 0.05) is 22.2 Å². The van der Waals surface area contributed by atoms with Crippen LogP contribution in [0.5, 0.6) is 5.75 Å². The van der Waals surface area contributed by atoms with Crippen LogP contribution in [0.3, 0.4) is 0 Å². The van der Waals surface area contributed by atoms with Crippen molar-refractivity contribution < 1.29 is 14.3 Å². The van der Waals surface area contributed by atoms with Gasteiger partial charge in [-0.1, -0.05) is 34.8 Å². The molecule has 28 heavy (non-hydrogen) atoms. The molecule has 0 bridgehead atoms. The molecule has 1 unspecified atom stereocenters. The van der Waals surface area contributed by atoms with Crippen LogP contribution in [-0.2, 0) is 4.79 Å². The lowest BCUT2D eigenvalue weighted by Crippen LogP contribution is -2.56. The highest BCUT2D eigenvalue weighted by molar-refractivity contribution is 6.35. The maximum Gasteiger partial charge on any atom is 0.276 e. The van der Waals surface area contributed by atoms with Crippen molar-refractivity contribution in [1.82, 2.24) is 10.4 Å². The van der Waals surface area contributed by atoms with E-state index in [0.717, 1.165) is 0 Å². The topological polar surface area (TPSA) is 70.7 Å². The number of ether oxygens (including phenoxy) is 1. The minimum atomic E-state index is -0.394. The number of rotatable bonds is 6. The zero-order valence-electron chi connectivity index (χ0n) is 15.0. The highest BCUT2D eigenvalue weighted by Crippen LogP contribution is 2.28. The van der Waals surface area contributed by atoms with E-state index >= 15 is 0 Å². The van der Waals surface area contributed by atoms with Crippen LogP contribution in [0.15, 0.2) is 36.4 Å². The molecule has 0 aliphatic carbocycles. The summed E-state index contributed by atoms with van der Waals surface area (Å²) in [7, 11) is 0. The Labute approximate surface area is 177 Å². The molecule has 0 saturated heterocycles. The van der Waals surface area contributed by atoms with Crippen LogP contribution in [0, 0.1) is 0 Å². The first-order valence-corrected chi connectivity index (χ1v) is 9.75. The van der Waals surface area contributed by atoms with Gasteiger partial charge < -0.3 is 10.1 Å². The molecule has 0 saturated carbocycles. The van der Waals surface area contributed by atoms with E-state index in [2.05, 4.69) is 10.7 Å². The number of carbonyl (C=O) groups excluding carboxylic acids is 2. The highest BCUT2D eigenvalue weighted by Gasteiger charge is 2.30. The predicted octanol–water partition coefficient (Wildman–Crippen LogP) is 4.75. The maximum absolute atomic E-state index is 12.7. The Morgan fingerprint density at radius 2 is 1.89 bits per heavy atom. The summed E-state index contributed by atoms with van der Waals surface area (Å²) in [6.07, 6.45) is 0.246. The van der Waals surface area contributed by atoms with Crippen molar-refractivity contribution in [3.63, 3.8) is 0 Å². The molecule has 1 aliphatic rings. The van der Waals surface area contributed by atoms with Crippen LogP contribution in [0.25, 0.3) is 0 Å². The average molecular weight is 443 g/mol. The van der Waals surface area contributed by atoms with Gasteiger partial charge in [-0.2, -0.15) is 0 Å². The van der Waals surface area contributed by atoms with Crippen molar-refractivity contribution in [3.05, 3.63) is 57.0 Å². The van der Waals surface area contributed by atoms with Crippen LogP contribution >= 0.6 is 34.8 Å². The van der Waals surface area contributed by atoms with E-state index in [1.807, 2.05) is 0 Å². The van der Waals surface area contributed by atoms with Gasteiger partial charge in [-0.3, -0.25) is 15.0 Å². The molecule has 0 spiro atoms. The third-order valence-corrected chi connectivity index (χ3v) is 4.89. The Morgan fingerprint density at radius 1 is 1.18 bits per heavy atom. The van der Waals surface area contributed by atoms with Crippen molar-refractivity contribution in [3.8, 4) is 5.75 Å². The van der Waals surface area contributed by atoms with Gasteiger partial charge >= 0.3 is 0 Å². The summed E-state index contributed by atoms with van der Waals surface area (Å²) in [6.45, 7) is 2.08. The second-order valence-corrected chi connectivity index (χ2v) is 7.53. The molecule has 0 radical (unpaired) electrons. The Balaban J connectivity index is 1.51. The molecule has 1 aliphatic heterocycles. The molecule has 0 aromatic heterocycles. The van der Waals surface area contributed by atoms with E-state index in [1.54, 1.807) is 43.3 Å². The van der Waals surface area contributed by atoms with E-state index in [-0.39, 0.29) is 18.2 Å². The minimum Gasteiger partial charge on any atom is -0.492 e. The number of hydrogen-bond acceptors (Lipinski definition) is 4. The SMILES string of the molecule is CC1Nc2ccc(Cl)cc2C(=O)N1NC(=O)CCCOc1ccc(Cl)cc1Cl. The van der Waals surface area contributed by atoms with Gasteiger partial charge in [0.2, 0.25) is 5.91 Å². The largest absolute Gasteiger partial charge is 0.492 e. The van der Waals surface area contributed by atoms with Gasteiger partial charge in [-0.15, -0.1) is 0 Å². The van der Waals surface area contributed by atoms with Crippen molar-refractivity contribution >= 4 is 52.3 Å². The van der Waals surface area contributed by atoms with Crippen LogP contribution < -0.4 is 15.5 Å². The molecule has 2 amide bonds. The molecule has 2 aromatic rings. The maximum atomic E-state index is 12.7. The predicted molar refractivity (Wildman–Crippen MR) is 110 cm³/mol. The first kappa shape index (κ1) is 20.6. The van der Waals surface area contributed by atoms with E-state index < -0.39 is 6.17 Å². The number of anilines is 1. The van der Waals surface area contributed by atoms with Gasteiger partial charge in [0.1, 0.15) is 11.9 Å². The van der Waals surface area contributed by atoms with Crippen LogP contribution in [0.1, 0.15) is 30.1 Å². The summed E-state index contributed by atoms with van der Waals surface area (Å²) < 4.78 is 5.56. The van der Waals surface area contributed by atoms with Gasteiger partial charge in [0.05, 0.1) is 17.2 Å². The molecule has 1 heterocycles. The summed E-state index contributed by atoms with van der Waals surface area (Å²) in [5.41, 5.74) is 3.73. The van der Waals surface area contributed by atoms with Crippen molar-refractivity contribution in [2.45, 2.75) is 25.9 Å². The zero-order chi connectivity index (χ0) is 20.3. The summed E-state index contributed by atoms with van der Waals surface area (Å²) in [6, 6.07) is 9.95. The second kappa shape index (κ2) is 8.90. The fraction of sp³-hybridized carbons (Fsp3) is 0.263. The number of hydrazine groups is 1. The summed E-state index contributed by atoms with van der Waals surface area (Å²) in [4.78, 5) is 24.9. The van der Waals surface area contributed by atoms with E-state index in [1.165, 1.54) is 5.01 Å². The van der Waals surface area contributed by atoms with Gasteiger partial charge in [-0.25, -0.2) is 5.01 Å². The quantitative estimate of drug-likeness (QED) is 0.633. The Kier molecular flexibility index (Phi) is 6.54. The molecule has 9 heteroatoms. The number of hydrogen-bond donors (Lipinski definition) is 2. The lowest BCUT2D eigenvalue weighted by molar-refractivity contribution is -0.125. The summed E-state index contributed by atoms with van der Waals surface area (Å²) >= 11 is 17.8.